The van der Waals surface area contributed by atoms with Crippen molar-refractivity contribution in [2.24, 2.45) is 0 Å². The highest BCUT2D eigenvalue weighted by atomic mass is 35.5. The Labute approximate surface area is 86.6 Å². The monoisotopic (exact) mass is 205 g/mol. The zero-order valence-electron chi connectivity index (χ0n) is 7.31. The summed E-state index contributed by atoms with van der Waals surface area (Å²) < 4.78 is 0. The summed E-state index contributed by atoms with van der Waals surface area (Å²) in [5.41, 5.74) is 8.23. The average Bonchev–Trinajstić information content (AvgIpc) is 2.19. The Balaban J connectivity index is 2.53. The minimum absolute atomic E-state index is 0.628. The number of nitrogen functional groups attached to an aromatic ring is 1. The number of halogens is 1. The summed E-state index contributed by atoms with van der Waals surface area (Å²) >= 11 is 5.79. The Morgan fingerprint density at radius 2 is 1.86 bits per heavy atom. The molecule has 3 nitrogen and oxygen atoms in total. The molecular formula is C10H8ClN3. The fourth-order valence-electron chi connectivity index (χ4n) is 1.23. The third-order valence-electron chi connectivity index (χ3n) is 1.89. The van der Waals surface area contributed by atoms with Crippen molar-refractivity contribution < 1.29 is 0 Å². The second-order valence-electron chi connectivity index (χ2n) is 2.86. The van der Waals surface area contributed by atoms with Gasteiger partial charge in [-0.15, -0.1) is 0 Å². The molecule has 0 atom stereocenters. The molecule has 2 rings (SSSR count). The van der Waals surface area contributed by atoms with Gasteiger partial charge in [-0.1, -0.05) is 17.7 Å². The molecule has 0 fully saturated rings. The first-order valence-corrected chi connectivity index (χ1v) is 4.45. The number of rotatable bonds is 1. The third kappa shape index (κ3) is 1.67. The van der Waals surface area contributed by atoms with Gasteiger partial charge in [0.05, 0.1) is 0 Å². The van der Waals surface area contributed by atoms with Crippen LogP contribution in [0.1, 0.15) is 0 Å². The van der Waals surface area contributed by atoms with Gasteiger partial charge >= 0.3 is 0 Å². The maximum atomic E-state index is 5.81. The zero-order chi connectivity index (χ0) is 9.97. The van der Waals surface area contributed by atoms with Gasteiger partial charge in [-0.3, -0.25) is 0 Å². The van der Waals surface area contributed by atoms with Crippen LogP contribution < -0.4 is 5.73 Å². The van der Waals surface area contributed by atoms with Crippen LogP contribution in [-0.4, -0.2) is 9.97 Å². The van der Waals surface area contributed by atoms with Gasteiger partial charge in [-0.2, -0.15) is 0 Å². The van der Waals surface area contributed by atoms with Crippen LogP contribution in [0.4, 0.5) is 5.69 Å². The number of aromatic nitrogens is 2. The SMILES string of the molecule is Nc1cc(Cl)ccc1-c1cncnc1. The molecule has 0 saturated carbocycles. The highest BCUT2D eigenvalue weighted by molar-refractivity contribution is 6.31. The number of hydrogen-bond acceptors (Lipinski definition) is 3. The molecule has 0 spiro atoms. The van der Waals surface area contributed by atoms with E-state index in [0.717, 1.165) is 11.1 Å². The predicted molar refractivity (Wildman–Crippen MR) is 56.9 cm³/mol. The van der Waals surface area contributed by atoms with E-state index in [-0.39, 0.29) is 0 Å². The number of benzene rings is 1. The van der Waals surface area contributed by atoms with E-state index in [2.05, 4.69) is 9.97 Å². The molecule has 14 heavy (non-hydrogen) atoms. The van der Waals surface area contributed by atoms with Gasteiger partial charge in [0, 0.05) is 34.2 Å². The molecule has 0 unspecified atom stereocenters. The smallest absolute Gasteiger partial charge is 0.115 e. The number of hydrogen-bond donors (Lipinski definition) is 1. The van der Waals surface area contributed by atoms with E-state index in [1.807, 2.05) is 6.07 Å². The first-order valence-electron chi connectivity index (χ1n) is 4.08. The molecule has 1 aromatic carbocycles. The molecule has 2 aromatic rings. The van der Waals surface area contributed by atoms with E-state index in [1.165, 1.54) is 6.33 Å². The average molecular weight is 206 g/mol. The highest BCUT2D eigenvalue weighted by Gasteiger charge is 2.02. The van der Waals surface area contributed by atoms with Gasteiger partial charge in [0.2, 0.25) is 0 Å². The summed E-state index contributed by atoms with van der Waals surface area (Å²) in [6.07, 6.45) is 4.91. The van der Waals surface area contributed by atoms with Crippen LogP contribution in [-0.2, 0) is 0 Å². The molecule has 4 heteroatoms. The molecule has 70 valence electrons. The molecule has 2 N–H and O–H groups in total. The Morgan fingerprint density at radius 1 is 1.14 bits per heavy atom. The second-order valence-corrected chi connectivity index (χ2v) is 3.30. The lowest BCUT2D eigenvalue weighted by atomic mass is 10.1. The second kappa shape index (κ2) is 3.64. The third-order valence-corrected chi connectivity index (χ3v) is 2.12. The van der Waals surface area contributed by atoms with Gasteiger partial charge in [0.25, 0.3) is 0 Å². The van der Waals surface area contributed by atoms with Crippen LogP contribution in [0.2, 0.25) is 5.02 Å². The zero-order valence-corrected chi connectivity index (χ0v) is 8.07. The minimum atomic E-state index is 0.628. The van der Waals surface area contributed by atoms with E-state index in [1.54, 1.807) is 24.5 Å². The molecule has 1 aromatic heterocycles. The van der Waals surface area contributed by atoms with Crippen LogP contribution in [0.25, 0.3) is 11.1 Å². The van der Waals surface area contributed by atoms with Gasteiger partial charge in [0.1, 0.15) is 6.33 Å². The largest absolute Gasteiger partial charge is 0.398 e. The summed E-state index contributed by atoms with van der Waals surface area (Å²) in [6.45, 7) is 0. The predicted octanol–water partition coefficient (Wildman–Crippen LogP) is 2.38. The van der Waals surface area contributed by atoms with Gasteiger partial charge < -0.3 is 5.73 Å². The number of anilines is 1. The van der Waals surface area contributed by atoms with E-state index >= 15 is 0 Å². The maximum Gasteiger partial charge on any atom is 0.115 e. The maximum absolute atomic E-state index is 5.81. The van der Waals surface area contributed by atoms with Crippen LogP contribution in [0.3, 0.4) is 0 Å². The first kappa shape index (κ1) is 8.97. The van der Waals surface area contributed by atoms with E-state index in [0.29, 0.717) is 10.7 Å². The summed E-state index contributed by atoms with van der Waals surface area (Å²) in [6, 6.07) is 5.36. The van der Waals surface area contributed by atoms with Gasteiger partial charge in [0.15, 0.2) is 0 Å². The summed E-state index contributed by atoms with van der Waals surface area (Å²) in [7, 11) is 0. The van der Waals surface area contributed by atoms with Crippen LogP contribution >= 0.6 is 11.6 Å². The molecule has 0 saturated heterocycles. The normalized spacial score (nSPS) is 10.1. The Hall–Kier alpha value is -1.61. The molecule has 0 amide bonds. The van der Waals surface area contributed by atoms with Crippen LogP contribution in [0, 0.1) is 0 Å². The van der Waals surface area contributed by atoms with Gasteiger partial charge in [-0.05, 0) is 12.1 Å². The van der Waals surface area contributed by atoms with Crippen molar-refractivity contribution >= 4 is 17.3 Å². The Kier molecular flexibility index (Phi) is 2.33. The topological polar surface area (TPSA) is 51.8 Å². The van der Waals surface area contributed by atoms with E-state index in [9.17, 15) is 0 Å². The van der Waals surface area contributed by atoms with Crippen molar-refractivity contribution in [3.63, 3.8) is 0 Å². The van der Waals surface area contributed by atoms with Crippen molar-refractivity contribution in [2.45, 2.75) is 0 Å². The molecule has 0 aliphatic carbocycles. The molecular weight excluding hydrogens is 198 g/mol. The molecule has 0 radical (unpaired) electrons. The molecule has 0 aliphatic rings. The number of nitrogens with two attached hydrogens (primary N) is 1. The fraction of sp³-hybridized carbons (Fsp3) is 0. The van der Waals surface area contributed by atoms with Crippen molar-refractivity contribution in [2.75, 3.05) is 5.73 Å². The first-order chi connectivity index (χ1) is 6.77. The van der Waals surface area contributed by atoms with Crippen molar-refractivity contribution in [1.82, 2.24) is 9.97 Å². The fourth-order valence-corrected chi connectivity index (χ4v) is 1.42. The minimum Gasteiger partial charge on any atom is -0.398 e. The lowest BCUT2D eigenvalue weighted by Gasteiger charge is -2.04. The summed E-state index contributed by atoms with van der Waals surface area (Å²) in [5.74, 6) is 0. The van der Waals surface area contributed by atoms with E-state index in [4.69, 9.17) is 17.3 Å². The van der Waals surface area contributed by atoms with Crippen LogP contribution in [0.15, 0.2) is 36.9 Å². The van der Waals surface area contributed by atoms with Crippen molar-refractivity contribution in [3.05, 3.63) is 41.9 Å². The van der Waals surface area contributed by atoms with Crippen molar-refractivity contribution in [1.29, 1.82) is 0 Å². The standard InChI is InChI=1S/C10H8ClN3/c11-8-1-2-9(10(12)3-8)7-4-13-6-14-5-7/h1-6H,12H2. The van der Waals surface area contributed by atoms with Crippen molar-refractivity contribution in [3.8, 4) is 11.1 Å². The summed E-state index contributed by atoms with van der Waals surface area (Å²) in [4.78, 5) is 7.85. The molecule has 1 heterocycles. The Bertz CT molecular complexity index is 442. The lowest BCUT2D eigenvalue weighted by Crippen LogP contribution is -1.90. The van der Waals surface area contributed by atoms with E-state index < -0.39 is 0 Å². The van der Waals surface area contributed by atoms with Gasteiger partial charge in [-0.25, -0.2) is 9.97 Å². The Morgan fingerprint density at radius 3 is 2.50 bits per heavy atom. The summed E-state index contributed by atoms with van der Waals surface area (Å²) in [5, 5.41) is 0.628. The highest BCUT2D eigenvalue weighted by Crippen LogP contribution is 2.26. The lowest BCUT2D eigenvalue weighted by molar-refractivity contribution is 1.17. The quantitative estimate of drug-likeness (QED) is 0.728. The molecule has 0 bridgehead atoms. The van der Waals surface area contributed by atoms with Crippen LogP contribution in [0.5, 0.6) is 0 Å². The number of nitrogens with zero attached hydrogens (tertiary/aromatic N) is 2. The molecule has 0 aliphatic heterocycles.